The van der Waals surface area contributed by atoms with Gasteiger partial charge in [0.05, 0.1) is 0 Å². The molecule has 2 rings (SSSR count). The summed E-state index contributed by atoms with van der Waals surface area (Å²) in [5.74, 6) is -0.262. The third-order valence-electron chi connectivity index (χ3n) is 2.25. The minimum Gasteiger partial charge on any atom is -0.435 e. The largest absolute Gasteiger partial charge is 0.435 e. The van der Waals surface area contributed by atoms with Gasteiger partial charge in [0.25, 0.3) is 0 Å². The molecule has 0 unspecified atom stereocenters. The van der Waals surface area contributed by atoms with Crippen molar-refractivity contribution in [2.24, 2.45) is 0 Å². The smallest absolute Gasteiger partial charge is 0.237 e. The summed E-state index contributed by atoms with van der Waals surface area (Å²) in [6.45, 7) is 1.64. The van der Waals surface area contributed by atoms with Gasteiger partial charge in [0.1, 0.15) is 11.6 Å². The number of nitrogens with zero attached hydrogens (tertiary/aromatic N) is 2. The number of pyridine rings is 1. The van der Waals surface area contributed by atoms with E-state index in [4.69, 9.17) is 10.00 Å². The molecule has 0 atom stereocenters. The van der Waals surface area contributed by atoms with Crippen molar-refractivity contribution in [3.63, 3.8) is 0 Å². The molecule has 0 saturated heterocycles. The van der Waals surface area contributed by atoms with Crippen LogP contribution < -0.4 is 4.74 Å². The van der Waals surface area contributed by atoms with Crippen molar-refractivity contribution in [3.05, 3.63) is 53.5 Å². The van der Waals surface area contributed by atoms with Crippen LogP contribution in [0, 0.1) is 24.1 Å². The van der Waals surface area contributed by atoms with E-state index in [9.17, 15) is 4.39 Å². The van der Waals surface area contributed by atoms with Crippen LogP contribution in [-0.2, 0) is 0 Å². The number of benzene rings is 1. The van der Waals surface area contributed by atoms with Crippen molar-refractivity contribution in [1.82, 2.24) is 4.98 Å². The highest BCUT2D eigenvalue weighted by Crippen LogP contribution is 2.26. The van der Waals surface area contributed by atoms with E-state index in [-0.39, 0.29) is 17.2 Å². The van der Waals surface area contributed by atoms with Crippen molar-refractivity contribution in [3.8, 4) is 17.7 Å². The molecule has 0 aliphatic heterocycles. The second kappa shape index (κ2) is 4.62. The Morgan fingerprint density at radius 1 is 1.29 bits per heavy atom. The summed E-state index contributed by atoms with van der Waals surface area (Å²) < 4.78 is 19.0. The first-order valence-corrected chi connectivity index (χ1v) is 5.00. The normalized spacial score (nSPS) is 9.71. The molecule has 0 radical (unpaired) electrons. The van der Waals surface area contributed by atoms with Crippen LogP contribution in [0.1, 0.15) is 11.1 Å². The average Bonchev–Trinajstić information content (AvgIpc) is 2.35. The molecule has 0 aliphatic rings. The van der Waals surface area contributed by atoms with Gasteiger partial charge in [-0.05, 0) is 30.7 Å². The Morgan fingerprint density at radius 3 is 2.88 bits per heavy atom. The summed E-state index contributed by atoms with van der Waals surface area (Å²) in [6, 6.07) is 9.95. The van der Waals surface area contributed by atoms with Gasteiger partial charge in [-0.3, -0.25) is 0 Å². The molecule has 0 aliphatic carbocycles. The maximum Gasteiger partial charge on any atom is 0.237 e. The van der Waals surface area contributed by atoms with Crippen molar-refractivity contribution in [1.29, 1.82) is 5.26 Å². The molecule has 0 amide bonds. The lowest BCUT2D eigenvalue weighted by atomic mass is 10.2. The van der Waals surface area contributed by atoms with Crippen LogP contribution >= 0.6 is 0 Å². The molecule has 4 heteroatoms. The molecule has 3 nitrogen and oxygen atoms in total. The third-order valence-corrected chi connectivity index (χ3v) is 2.25. The number of aromatic nitrogens is 1. The Hall–Kier alpha value is -2.41. The third kappa shape index (κ3) is 2.23. The quantitative estimate of drug-likeness (QED) is 0.792. The van der Waals surface area contributed by atoms with E-state index in [0.717, 1.165) is 0 Å². The fourth-order valence-corrected chi connectivity index (χ4v) is 1.36. The maximum atomic E-state index is 13.7. The van der Waals surface area contributed by atoms with Gasteiger partial charge in [-0.25, -0.2) is 9.37 Å². The predicted octanol–water partition coefficient (Wildman–Crippen LogP) is 3.19. The molecule has 0 bridgehead atoms. The van der Waals surface area contributed by atoms with Crippen LogP contribution in [0.15, 0.2) is 36.5 Å². The van der Waals surface area contributed by atoms with E-state index in [1.165, 1.54) is 12.3 Å². The number of hydrogen-bond acceptors (Lipinski definition) is 3. The summed E-state index contributed by atoms with van der Waals surface area (Å²) >= 11 is 0. The Bertz CT molecular complexity index is 590. The standard InChI is InChI=1S/C13H9FN2O/c1-9-4-2-6-11(12(9)14)17-13-10(8-15)5-3-7-16-13/h2-7H,1H3. The van der Waals surface area contributed by atoms with Gasteiger partial charge < -0.3 is 4.74 Å². The zero-order valence-corrected chi connectivity index (χ0v) is 9.14. The van der Waals surface area contributed by atoms with E-state index in [0.29, 0.717) is 5.56 Å². The highest BCUT2D eigenvalue weighted by molar-refractivity contribution is 5.41. The van der Waals surface area contributed by atoms with E-state index in [1.54, 1.807) is 31.2 Å². The van der Waals surface area contributed by atoms with E-state index in [1.807, 2.05) is 6.07 Å². The Labute approximate surface area is 98.1 Å². The summed E-state index contributed by atoms with van der Waals surface area (Å²) in [4.78, 5) is 3.90. The van der Waals surface area contributed by atoms with Gasteiger partial charge in [0, 0.05) is 6.20 Å². The lowest BCUT2D eigenvalue weighted by Gasteiger charge is -2.07. The highest BCUT2D eigenvalue weighted by Gasteiger charge is 2.10. The molecule has 0 fully saturated rings. The second-order valence-electron chi connectivity index (χ2n) is 3.46. The molecule has 1 aromatic heterocycles. The van der Waals surface area contributed by atoms with Crippen LogP contribution in [-0.4, -0.2) is 4.98 Å². The Morgan fingerprint density at radius 2 is 2.12 bits per heavy atom. The van der Waals surface area contributed by atoms with Crippen molar-refractivity contribution < 1.29 is 9.13 Å². The topological polar surface area (TPSA) is 45.9 Å². The van der Waals surface area contributed by atoms with Crippen LogP contribution in [0.4, 0.5) is 4.39 Å². The highest BCUT2D eigenvalue weighted by atomic mass is 19.1. The maximum absolute atomic E-state index is 13.7. The second-order valence-corrected chi connectivity index (χ2v) is 3.46. The number of aryl methyl sites for hydroxylation is 1. The predicted molar refractivity (Wildman–Crippen MR) is 60.2 cm³/mol. The van der Waals surface area contributed by atoms with Gasteiger partial charge >= 0.3 is 0 Å². The zero-order valence-electron chi connectivity index (χ0n) is 9.14. The molecule has 0 N–H and O–H groups in total. The average molecular weight is 228 g/mol. The van der Waals surface area contributed by atoms with Gasteiger partial charge in [-0.1, -0.05) is 12.1 Å². The number of ether oxygens (including phenoxy) is 1. The minimum absolute atomic E-state index is 0.0696. The molecule has 84 valence electrons. The van der Waals surface area contributed by atoms with E-state index < -0.39 is 5.82 Å². The van der Waals surface area contributed by atoms with Gasteiger partial charge in [0.15, 0.2) is 11.6 Å². The summed E-state index contributed by atoms with van der Waals surface area (Å²) in [5, 5.41) is 8.86. The number of hydrogen-bond donors (Lipinski definition) is 0. The molecular formula is C13H9FN2O. The number of nitriles is 1. The first-order chi connectivity index (χ1) is 8.22. The van der Waals surface area contributed by atoms with Gasteiger partial charge in [-0.2, -0.15) is 5.26 Å². The van der Waals surface area contributed by atoms with Crippen molar-refractivity contribution >= 4 is 0 Å². The first-order valence-electron chi connectivity index (χ1n) is 5.00. The Kier molecular flexibility index (Phi) is 3.01. The van der Waals surface area contributed by atoms with Gasteiger partial charge in [0.2, 0.25) is 5.88 Å². The van der Waals surface area contributed by atoms with Crippen LogP contribution in [0.2, 0.25) is 0 Å². The fourth-order valence-electron chi connectivity index (χ4n) is 1.36. The van der Waals surface area contributed by atoms with Gasteiger partial charge in [-0.15, -0.1) is 0 Å². The molecular weight excluding hydrogens is 219 g/mol. The fraction of sp³-hybridized carbons (Fsp3) is 0.0769. The van der Waals surface area contributed by atoms with Crippen molar-refractivity contribution in [2.45, 2.75) is 6.92 Å². The summed E-state index contributed by atoms with van der Waals surface area (Å²) in [6.07, 6.45) is 1.49. The molecule has 17 heavy (non-hydrogen) atoms. The molecule has 0 saturated carbocycles. The monoisotopic (exact) mass is 228 g/mol. The van der Waals surface area contributed by atoms with E-state index >= 15 is 0 Å². The molecule has 1 heterocycles. The molecule has 2 aromatic rings. The Balaban J connectivity index is 2.39. The summed E-state index contributed by atoms with van der Waals surface area (Å²) in [7, 11) is 0. The number of rotatable bonds is 2. The summed E-state index contributed by atoms with van der Waals surface area (Å²) in [5.41, 5.74) is 0.755. The molecule has 1 aromatic carbocycles. The first kappa shape index (κ1) is 11.1. The van der Waals surface area contributed by atoms with Crippen LogP contribution in [0.25, 0.3) is 0 Å². The lowest BCUT2D eigenvalue weighted by molar-refractivity contribution is 0.424. The van der Waals surface area contributed by atoms with Crippen molar-refractivity contribution in [2.75, 3.05) is 0 Å². The van der Waals surface area contributed by atoms with Crippen LogP contribution in [0.3, 0.4) is 0 Å². The van der Waals surface area contributed by atoms with E-state index in [2.05, 4.69) is 4.98 Å². The lowest BCUT2D eigenvalue weighted by Crippen LogP contribution is -1.94. The van der Waals surface area contributed by atoms with Crippen LogP contribution in [0.5, 0.6) is 11.6 Å². The zero-order chi connectivity index (χ0) is 12.3. The minimum atomic E-state index is -0.443. The SMILES string of the molecule is Cc1cccc(Oc2ncccc2C#N)c1F. The molecule has 0 spiro atoms. The number of halogens is 1.